The van der Waals surface area contributed by atoms with E-state index < -0.39 is 15.6 Å². The van der Waals surface area contributed by atoms with E-state index in [0.29, 0.717) is 0 Å². The quantitative estimate of drug-likeness (QED) is 0.457. The molecule has 2 N–H and O–H groups in total. The maximum atomic E-state index is 10.7. The summed E-state index contributed by atoms with van der Waals surface area (Å²) in [5.74, 6) is 0. The van der Waals surface area contributed by atoms with Crippen molar-refractivity contribution >= 4 is 10.1 Å². The fourth-order valence-electron chi connectivity index (χ4n) is 2.71. The maximum absolute atomic E-state index is 10.7. The summed E-state index contributed by atoms with van der Waals surface area (Å²) in [4.78, 5) is 6.33. The molecule has 1 aromatic rings. The average Bonchev–Trinajstić information content (AvgIpc) is 2.67. The van der Waals surface area contributed by atoms with Gasteiger partial charge < -0.3 is 10.0 Å². The summed E-state index contributed by atoms with van der Waals surface area (Å²) in [7, 11) is -4.49. The van der Waals surface area contributed by atoms with Crippen molar-refractivity contribution in [3.8, 4) is 0 Å². The van der Waals surface area contributed by atoms with E-state index in [2.05, 4.69) is 30.7 Å². The molecule has 1 heterocycles. The van der Waals surface area contributed by atoms with Gasteiger partial charge in [0.25, 0.3) is 10.1 Å². The molecule has 0 fully saturated rings. The Balaban J connectivity index is 0.000000528. The molecule has 7 heteroatoms. The first kappa shape index (κ1) is 27.0. The monoisotopic (exact) mass is 416 g/mol. The standard InChI is InChI=1S/C12H27N.C9H13NO4S/c1-4-7-10-13(11-8-5-2)12-9-6-3;1-2-3-7-4-5-10-8(6-7)9(11)15(12,13)14/h4-12H2,1-3H3;4-6,9,11H,2-3H2,1H3,(H,12,13,14). The first-order chi connectivity index (χ1) is 13.3. The predicted octanol–water partition coefficient (Wildman–Crippen LogP) is 4.60. The summed E-state index contributed by atoms with van der Waals surface area (Å²) >= 11 is 0. The number of hydrogen-bond donors (Lipinski definition) is 2. The SMILES string of the molecule is CCCCN(CCCC)CCCC.CCCc1ccnc(C(O)S(=O)(=O)O)c1. The molecule has 1 atom stereocenters. The molecule has 28 heavy (non-hydrogen) atoms. The third-order valence-electron chi connectivity index (χ3n) is 4.40. The molecule has 164 valence electrons. The van der Waals surface area contributed by atoms with E-state index in [0.717, 1.165) is 18.4 Å². The third-order valence-corrected chi connectivity index (χ3v) is 5.21. The highest BCUT2D eigenvalue weighted by Gasteiger charge is 2.23. The Labute approximate surface area is 172 Å². The zero-order chi connectivity index (χ0) is 21.4. The van der Waals surface area contributed by atoms with Gasteiger partial charge in [-0.15, -0.1) is 0 Å². The Morgan fingerprint density at radius 1 is 0.964 bits per heavy atom. The van der Waals surface area contributed by atoms with Gasteiger partial charge in [-0.3, -0.25) is 9.54 Å². The van der Waals surface area contributed by atoms with Crippen LogP contribution in [0.4, 0.5) is 0 Å². The molecule has 0 saturated carbocycles. The van der Waals surface area contributed by atoms with Crippen LogP contribution in [0.1, 0.15) is 89.3 Å². The lowest BCUT2D eigenvalue weighted by atomic mass is 10.1. The number of aromatic nitrogens is 1. The fourth-order valence-corrected chi connectivity index (χ4v) is 3.14. The van der Waals surface area contributed by atoms with Gasteiger partial charge in [0.1, 0.15) is 0 Å². The zero-order valence-corrected chi connectivity index (χ0v) is 18.9. The Morgan fingerprint density at radius 2 is 1.46 bits per heavy atom. The molecule has 0 saturated heterocycles. The molecular weight excluding hydrogens is 376 g/mol. The second kappa shape index (κ2) is 15.9. The van der Waals surface area contributed by atoms with E-state index in [1.807, 2.05) is 6.92 Å². The highest BCUT2D eigenvalue weighted by atomic mass is 32.2. The first-order valence-corrected chi connectivity index (χ1v) is 12.1. The van der Waals surface area contributed by atoms with Gasteiger partial charge in [0, 0.05) is 6.20 Å². The van der Waals surface area contributed by atoms with Crippen molar-refractivity contribution in [2.75, 3.05) is 19.6 Å². The number of nitrogens with zero attached hydrogens (tertiary/aromatic N) is 2. The van der Waals surface area contributed by atoms with Crippen LogP contribution in [0.15, 0.2) is 18.3 Å². The Bertz CT molecular complexity index is 589. The maximum Gasteiger partial charge on any atom is 0.298 e. The van der Waals surface area contributed by atoms with Crippen molar-refractivity contribution in [3.63, 3.8) is 0 Å². The van der Waals surface area contributed by atoms with Gasteiger partial charge >= 0.3 is 0 Å². The molecule has 0 aliphatic heterocycles. The van der Waals surface area contributed by atoms with Crippen molar-refractivity contribution in [2.24, 2.45) is 0 Å². The summed E-state index contributed by atoms with van der Waals surface area (Å²) in [5, 5.41) is 9.25. The molecule has 0 spiro atoms. The normalized spacial score (nSPS) is 12.5. The van der Waals surface area contributed by atoms with Gasteiger partial charge in [0.2, 0.25) is 5.44 Å². The Morgan fingerprint density at radius 3 is 1.86 bits per heavy atom. The Hall–Kier alpha value is -1.02. The van der Waals surface area contributed by atoms with Crippen LogP contribution in [0.5, 0.6) is 0 Å². The van der Waals surface area contributed by atoms with Gasteiger partial charge in [-0.2, -0.15) is 8.42 Å². The molecule has 1 unspecified atom stereocenters. The zero-order valence-electron chi connectivity index (χ0n) is 18.1. The summed E-state index contributed by atoms with van der Waals surface area (Å²) in [6.07, 6.45) is 11.2. The van der Waals surface area contributed by atoms with E-state index in [9.17, 15) is 13.5 Å². The fraction of sp³-hybridized carbons (Fsp3) is 0.762. The molecule has 1 aromatic heterocycles. The van der Waals surface area contributed by atoms with E-state index in [-0.39, 0.29) is 5.69 Å². The molecule has 0 aliphatic rings. The lowest BCUT2D eigenvalue weighted by Crippen LogP contribution is -2.27. The number of hydrogen-bond acceptors (Lipinski definition) is 5. The van der Waals surface area contributed by atoms with Crippen molar-refractivity contribution in [2.45, 2.75) is 84.5 Å². The van der Waals surface area contributed by atoms with Crippen LogP contribution < -0.4 is 0 Å². The predicted molar refractivity (Wildman–Crippen MR) is 116 cm³/mol. The number of unbranched alkanes of at least 4 members (excludes halogenated alkanes) is 3. The van der Waals surface area contributed by atoms with Crippen LogP contribution >= 0.6 is 0 Å². The molecule has 6 nitrogen and oxygen atoms in total. The Kier molecular flexibility index (Phi) is 15.3. The minimum absolute atomic E-state index is 0.0524. The number of aliphatic hydroxyl groups is 1. The highest BCUT2D eigenvalue weighted by Crippen LogP contribution is 2.17. The lowest BCUT2D eigenvalue weighted by Gasteiger charge is -2.21. The second-order valence-electron chi connectivity index (χ2n) is 7.11. The largest absolute Gasteiger partial charge is 0.370 e. The number of rotatable bonds is 13. The molecule has 0 amide bonds. The second-order valence-corrected chi connectivity index (χ2v) is 8.59. The van der Waals surface area contributed by atoms with E-state index >= 15 is 0 Å². The summed E-state index contributed by atoms with van der Waals surface area (Å²) in [6, 6.07) is 3.21. The molecule has 0 aromatic carbocycles. The summed E-state index contributed by atoms with van der Waals surface area (Å²) in [5.41, 5.74) is -1.14. The van der Waals surface area contributed by atoms with E-state index in [1.165, 1.54) is 70.4 Å². The lowest BCUT2D eigenvalue weighted by molar-refractivity contribution is 0.234. The highest BCUT2D eigenvalue weighted by molar-refractivity contribution is 7.85. The van der Waals surface area contributed by atoms with Crippen LogP contribution in [-0.4, -0.2) is 47.6 Å². The van der Waals surface area contributed by atoms with E-state index in [4.69, 9.17) is 4.55 Å². The van der Waals surface area contributed by atoms with Crippen LogP contribution in [0.25, 0.3) is 0 Å². The van der Waals surface area contributed by atoms with Gasteiger partial charge in [0.15, 0.2) is 0 Å². The van der Waals surface area contributed by atoms with Gasteiger partial charge in [0.05, 0.1) is 5.69 Å². The molecule has 0 radical (unpaired) electrons. The van der Waals surface area contributed by atoms with Gasteiger partial charge in [-0.25, -0.2) is 0 Å². The smallest absolute Gasteiger partial charge is 0.298 e. The molecular formula is C21H40N2O4S. The van der Waals surface area contributed by atoms with Crippen molar-refractivity contribution in [1.82, 2.24) is 9.88 Å². The number of aliphatic hydroxyl groups excluding tert-OH is 1. The van der Waals surface area contributed by atoms with Gasteiger partial charge in [-0.05, 0) is 63.0 Å². The molecule has 0 bridgehead atoms. The molecule has 1 rings (SSSR count). The third kappa shape index (κ3) is 12.4. The van der Waals surface area contributed by atoms with Crippen LogP contribution in [0, 0.1) is 0 Å². The van der Waals surface area contributed by atoms with Crippen LogP contribution in [-0.2, 0) is 16.5 Å². The average molecular weight is 417 g/mol. The molecule has 0 aliphatic carbocycles. The first-order valence-electron chi connectivity index (χ1n) is 10.6. The minimum atomic E-state index is -4.49. The summed E-state index contributed by atoms with van der Waals surface area (Å²) in [6.45, 7) is 12.8. The van der Waals surface area contributed by atoms with Crippen molar-refractivity contribution < 1.29 is 18.1 Å². The number of pyridine rings is 1. The number of aryl methyl sites for hydroxylation is 1. The van der Waals surface area contributed by atoms with Crippen LogP contribution in [0.3, 0.4) is 0 Å². The van der Waals surface area contributed by atoms with Crippen molar-refractivity contribution in [1.29, 1.82) is 0 Å². The van der Waals surface area contributed by atoms with Crippen LogP contribution in [0.2, 0.25) is 0 Å². The topological polar surface area (TPSA) is 90.7 Å². The minimum Gasteiger partial charge on any atom is -0.370 e. The van der Waals surface area contributed by atoms with Crippen molar-refractivity contribution in [3.05, 3.63) is 29.6 Å². The van der Waals surface area contributed by atoms with E-state index in [1.54, 1.807) is 6.07 Å². The van der Waals surface area contributed by atoms with Gasteiger partial charge in [-0.1, -0.05) is 53.4 Å². The summed E-state index contributed by atoms with van der Waals surface area (Å²) < 4.78 is 30.0.